The van der Waals surface area contributed by atoms with Crippen molar-refractivity contribution in [2.24, 2.45) is 0 Å². The van der Waals surface area contributed by atoms with Gasteiger partial charge in [0.15, 0.2) is 5.76 Å². The molecule has 0 aliphatic rings. The van der Waals surface area contributed by atoms with E-state index in [2.05, 4.69) is 31.4 Å². The molecule has 0 atom stereocenters. The Kier molecular flexibility index (Phi) is 3.15. The van der Waals surface area contributed by atoms with Gasteiger partial charge in [-0.3, -0.25) is 0 Å². The summed E-state index contributed by atoms with van der Waals surface area (Å²) in [5.41, 5.74) is 1.86. The Balaban J connectivity index is 2.04. The molecular formula is C9H11BrN4O. The first-order valence-electron chi connectivity index (χ1n) is 4.65. The van der Waals surface area contributed by atoms with Crippen LogP contribution in [0.1, 0.15) is 17.1 Å². The molecule has 2 rings (SSSR count). The second-order valence-corrected chi connectivity index (χ2v) is 4.07. The van der Waals surface area contributed by atoms with Gasteiger partial charge >= 0.3 is 0 Å². The largest absolute Gasteiger partial charge is 0.359 e. The van der Waals surface area contributed by atoms with E-state index in [-0.39, 0.29) is 0 Å². The van der Waals surface area contributed by atoms with Crippen LogP contribution in [0.15, 0.2) is 16.8 Å². The van der Waals surface area contributed by atoms with Crippen LogP contribution < -0.4 is 0 Å². The van der Waals surface area contributed by atoms with Gasteiger partial charge in [-0.05, 0) is 6.92 Å². The highest BCUT2D eigenvalue weighted by Gasteiger charge is 2.04. The topological polar surface area (TPSA) is 56.7 Å². The lowest BCUT2D eigenvalue weighted by Crippen LogP contribution is -1.98. The van der Waals surface area contributed by atoms with Gasteiger partial charge in [-0.1, -0.05) is 26.3 Å². The molecule has 0 saturated heterocycles. The standard InChI is InChI=1S/C9H11BrN4O/c1-7-4-9(15-12-7)6-14-5-8(2-3-10)11-13-14/h4-5H,2-3,6H2,1H3. The zero-order chi connectivity index (χ0) is 10.7. The quantitative estimate of drug-likeness (QED) is 0.792. The molecule has 5 nitrogen and oxygen atoms in total. The van der Waals surface area contributed by atoms with Gasteiger partial charge in [0, 0.05) is 24.0 Å². The number of halogens is 1. The van der Waals surface area contributed by atoms with Crippen LogP contribution in [0.4, 0.5) is 0 Å². The third-order valence-corrected chi connectivity index (χ3v) is 2.33. The minimum absolute atomic E-state index is 0.579. The number of nitrogens with zero attached hydrogens (tertiary/aromatic N) is 4. The van der Waals surface area contributed by atoms with Gasteiger partial charge < -0.3 is 4.52 Å². The van der Waals surface area contributed by atoms with Crippen LogP contribution in [-0.2, 0) is 13.0 Å². The summed E-state index contributed by atoms with van der Waals surface area (Å²) in [6.07, 6.45) is 2.80. The fraction of sp³-hybridized carbons (Fsp3) is 0.444. The SMILES string of the molecule is Cc1cc(Cn2cc(CCBr)nn2)on1. The second kappa shape index (κ2) is 4.57. The maximum Gasteiger partial charge on any atom is 0.158 e. The molecule has 0 N–H and O–H groups in total. The van der Waals surface area contributed by atoms with Crippen LogP contribution >= 0.6 is 15.9 Å². The Labute approximate surface area is 95.6 Å². The van der Waals surface area contributed by atoms with Gasteiger partial charge in [-0.25, -0.2) is 4.68 Å². The molecule has 2 aromatic rings. The Morgan fingerprint density at radius 2 is 2.40 bits per heavy atom. The lowest BCUT2D eigenvalue weighted by Gasteiger charge is -1.93. The van der Waals surface area contributed by atoms with Crippen LogP contribution in [0.5, 0.6) is 0 Å². The summed E-state index contributed by atoms with van der Waals surface area (Å²) in [5.74, 6) is 0.794. The number of hydrogen-bond acceptors (Lipinski definition) is 4. The van der Waals surface area contributed by atoms with Gasteiger partial charge in [0.2, 0.25) is 0 Å². The van der Waals surface area contributed by atoms with Crippen LogP contribution in [-0.4, -0.2) is 25.5 Å². The fourth-order valence-electron chi connectivity index (χ4n) is 1.28. The summed E-state index contributed by atoms with van der Waals surface area (Å²) in [6.45, 7) is 2.47. The fourth-order valence-corrected chi connectivity index (χ4v) is 1.68. The Hall–Kier alpha value is -1.17. The van der Waals surface area contributed by atoms with E-state index < -0.39 is 0 Å². The van der Waals surface area contributed by atoms with E-state index in [1.54, 1.807) is 4.68 Å². The van der Waals surface area contributed by atoms with E-state index in [0.717, 1.165) is 28.9 Å². The van der Waals surface area contributed by atoms with Crippen molar-refractivity contribution in [2.45, 2.75) is 19.9 Å². The molecule has 2 aromatic heterocycles. The lowest BCUT2D eigenvalue weighted by molar-refractivity contribution is 0.367. The van der Waals surface area contributed by atoms with E-state index in [1.165, 1.54) is 0 Å². The van der Waals surface area contributed by atoms with Gasteiger partial charge in [0.25, 0.3) is 0 Å². The monoisotopic (exact) mass is 270 g/mol. The minimum atomic E-state index is 0.579. The van der Waals surface area contributed by atoms with E-state index in [0.29, 0.717) is 6.54 Å². The first kappa shape index (κ1) is 10.4. The molecule has 0 amide bonds. The average Bonchev–Trinajstić information content (AvgIpc) is 2.78. The Bertz CT molecular complexity index is 437. The number of alkyl halides is 1. The minimum Gasteiger partial charge on any atom is -0.359 e. The Morgan fingerprint density at radius 1 is 1.53 bits per heavy atom. The maximum atomic E-state index is 5.09. The summed E-state index contributed by atoms with van der Waals surface area (Å²) in [7, 11) is 0. The molecule has 2 heterocycles. The van der Waals surface area contributed by atoms with E-state index >= 15 is 0 Å². The second-order valence-electron chi connectivity index (χ2n) is 3.28. The van der Waals surface area contributed by atoms with Crippen molar-refractivity contribution in [1.29, 1.82) is 0 Å². The highest BCUT2D eigenvalue weighted by molar-refractivity contribution is 9.09. The van der Waals surface area contributed by atoms with Gasteiger partial charge in [0.05, 0.1) is 11.4 Å². The molecule has 0 spiro atoms. The van der Waals surface area contributed by atoms with Crippen molar-refractivity contribution in [3.05, 3.63) is 29.4 Å². The number of rotatable bonds is 4. The highest BCUT2D eigenvalue weighted by Crippen LogP contribution is 2.05. The van der Waals surface area contributed by atoms with Crippen molar-refractivity contribution in [2.75, 3.05) is 5.33 Å². The highest BCUT2D eigenvalue weighted by atomic mass is 79.9. The van der Waals surface area contributed by atoms with Crippen LogP contribution in [0.3, 0.4) is 0 Å². The molecule has 0 aliphatic heterocycles. The molecule has 0 saturated carbocycles. The van der Waals surface area contributed by atoms with Crippen LogP contribution in [0.2, 0.25) is 0 Å². The third-order valence-electron chi connectivity index (χ3n) is 1.93. The van der Waals surface area contributed by atoms with Crippen LogP contribution in [0, 0.1) is 6.92 Å². The summed E-state index contributed by atoms with van der Waals surface area (Å²) in [6, 6.07) is 1.89. The predicted molar refractivity (Wildman–Crippen MR) is 57.9 cm³/mol. The molecule has 0 unspecified atom stereocenters. The maximum absolute atomic E-state index is 5.09. The first-order valence-corrected chi connectivity index (χ1v) is 5.77. The predicted octanol–water partition coefficient (Wildman–Crippen LogP) is 1.56. The zero-order valence-electron chi connectivity index (χ0n) is 8.35. The molecule has 0 aliphatic carbocycles. The molecule has 80 valence electrons. The molecule has 0 radical (unpaired) electrons. The summed E-state index contributed by atoms with van der Waals surface area (Å²) >= 11 is 3.36. The van der Waals surface area contributed by atoms with Crippen molar-refractivity contribution >= 4 is 15.9 Å². The summed E-state index contributed by atoms with van der Waals surface area (Å²) in [4.78, 5) is 0. The van der Waals surface area contributed by atoms with Gasteiger partial charge in [0.1, 0.15) is 6.54 Å². The number of hydrogen-bond donors (Lipinski definition) is 0. The molecule has 6 heteroatoms. The average molecular weight is 271 g/mol. The number of aryl methyl sites for hydroxylation is 2. The van der Waals surface area contributed by atoms with E-state index in [9.17, 15) is 0 Å². The Morgan fingerprint density at radius 3 is 3.07 bits per heavy atom. The van der Waals surface area contributed by atoms with E-state index in [4.69, 9.17) is 4.52 Å². The van der Waals surface area contributed by atoms with E-state index in [1.807, 2.05) is 19.2 Å². The zero-order valence-corrected chi connectivity index (χ0v) is 9.94. The van der Waals surface area contributed by atoms with Gasteiger partial charge in [-0.2, -0.15) is 0 Å². The lowest BCUT2D eigenvalue weighted by atomic mass is 10.3. The number of aromatic nitrogens is 4. The summed E-state index contributed by atoms with van der Waals surface area (Å²) < 4.78 is 6.84. The van der Waals surface area contributed by atoms with Crippen LogP contribution in [0.25, 0.3) is 0 Å². The normalized spacial score (nSPS) is 10.8. The van der Waals surface area contributed by atoms with Crippen molar-refractivity contribution in [3.63, 3.8) is 0 Å². The van der Waals surface area contributed by atoms with Crippen molar-refractivity contribution in [1.82, 2.24) is 20.2 Å². The molecule has 0 fully saturated rings. The third kappa shape index (κ3) is 2.65. The summed E-state index contributed by atoms with van der Waals surface area (Å²) in [5, 5.41) is 12.7. The van der Waals surface area contributed by atoms with Gasteiger partial charge in [-0.15, -0.1) is 5.10 Å². The van der Waals surface area contributed by atoms with Crippen molar-refractivity contribution in [3.8, 4) is 0 Å². The molecule has 0 aromatic carbocycles. The van der Waals surface area contributed by atoms with Crippen molar-refractivity contribution < 1.29 is 4.52 Å². The first-order chi connectivity index (χ1) is 7.28. The molecule has 15 heavy (non-hydrogen) atoms. The molecule has 0 bridgehead atoms. The smallest absolute Gasteiger partial charge is 0.158 e. The molecular weight excluding hydrogens is 260 g/mol.